The van der Waals surface area contributed by atoms with Crippen LogP contribution in [0.15, 0.2) is 47.1 Å². The van der Waals surface area contributed by atoms with Crippen molar-refractivity contribution in [2.24, 2.45) is 5.73 Å². The maximum Gasteiger partial charge on any atom is 0.248 e. The molecular formula is C17H18N2O4. The number of hydrogen-bond acceptors (Lipinski definition) is 4. The molecule has 1 aliphatic heterocycles. The van der Waals surface area contributed by atoms with Crippen LogP contribution in [0.5, 0.6) is 0 Å². The summed E-state index contributed by atoms with van der Waals surface area (Å²) in [6.45, 7) is 1.41. The van der Waals surface area contributed by atoms with Gasteiger partial charge in [-0.1, -0.05) is 18.2 Å². The number of nitrogens with two attached hydrogens (primary N) is 1. The Morgan fingerprint density at radius 2 is 2.04 bits per heavy atom. The quantitative estimate of drug-likeness (QED) is 0.927. The highest BCUT2D eigenvalue weighted by molar-refractivity contribution is 5.95. The molecule has 1 aliphatic rings. The zero-order valence-corrected chi connectivity index (χ0v) is 12.6. The van der Waals surface area contributed by atoms with Crippen molar-refractivity contribution in [3.8, 4) is 0 Å². The Balaban J connectivity index is 1.70. The van der Waals surface area contributed by atoms with Crippen LogP contribution < -0.4 is 5.73 Å². The lowest BCUT2D eigenvalue weighted by Crippen LogP contribution is -2.43. The highest BCUT2D eigenvalue weighted by Gasteiger charge is 2.27. The van der Waals surface area contributed by atoms with E-state index < -0.39 is 5.91 Å². The summed E-state index contributed by atoms with van der Waals surface area (Å²) in [6, 6.07) is 10.5. The van der Waals surface area contributed by atoms with E-state index in [1.165, 1.54) is 0 Å². The summed E-state index contributed by atoms with van der Waals surface area (Å²) in [5.74, 6) is 0.127. The number of primary amides is 1. The molecule has 6 heteroatoms. The van der Waals surface area contributed by atoms with E-state index in [2.05, 4.69) is 0 Å². The van der Waals surface area contributed by atoms with Crippen molar-refractivity contribution in [1.82, 2.24) is 4.90 Å². The minimum Gasteiger partial charge on any atom is -0.467 e. The van der Waals surface area contributed by atoms with E-state index in [9.17, 15) is 9.59 Å². The summed E-state index contributed by atoms with van der Waals surface area (Å²) < 4.78 is 11.0. The molecule has 2 N–H and O–H groups in total. The van der Waals surface area contributed by atoms with E-state index in [1.54, 1.807) is 41.5 Å². The van der Waals surface area contributed by atoms with Gasteiger partial charge in [0.2, 0.25) is 11.8 Å². The highest BCUT2D eigenvalue weighted by Crippen LogP contribution is 2.23. The van der Waals surface area contributed by atoms with Crippen LogP contribution in [0.2, 0.25) is 0 Å². The second kappa shape index (κ2) is 6.66. The topological polar surface area (TPSA) is 85.8 Å². The fourth-order valence-electron chi connectivity index (χ4n) is 2.71. The lowest BCUT2D eigenvalue weighted by Gasteiger charge is -2.32. The monoisotopic (exact) mass is 314 g/mol. The van der Waals surface area contributed by atoms with Crippen LogP contribution in [0.4, 0.5) is 0 Å². The summed E-state index contributed by atoms with van der Waals surface area (Å²) in [5, 5.41) is 0. The molecular weight excluding hydrogens is 296 g/mol. The maximum atomic E-state index is 12.5. The molecule has 6 nitrogen and oxygen atoms in total. The number of rotatable bonds is 4. The van der Waals surface area contributed by atoms with Crippen LogP contribution in [-0.4, -0.2) is 36.4 Å². The molecule has 2 aromatic rings. The van der Waals surface area contributed by atoms with Gasteiger partial charge < -0.3 is 19.8 Å². The minimum atomic E-state index is -0.524. The van der Waals surface area contributed by atoms with Crippen molar-refractivity contribution in [2.75, 3.05) is 19.7 Å². The number of amides is 2. The van der Waals surface area contributed by atoms with E-state index in [-0.39, 0.29) is 18.4 Å². The first kappa shape index (κ1) is 15.3. The normalized spacial score (nSPS) is 17.9. The largest absolute Gasteiger partial charge is 0.467 e. The van der Waals surface area contributed by atoms with E-state index >= 15 is 0 Å². The van der Waals surface area contributed by atoms with Crippen molar-refractivity contribution in [1.29, 1.82) is 0 Å². The molecule has 0 radical (unpaired) electrons. The van der Waals surface area contributed by atoms with Crippen LogP contribution >= 0.6 is 0 Å². The van der Waals surface area contributed by atoms with Crippen LogP contribution in [-0.2, 0) is 16.0 Å². The molecule has 0 saturated carbocycles. The molecule has 0 aliphatic carbocycles. The van der Waals surface area contributed by atoms with E-state index in [0.717, 1.165) is 0 Å². The first-order valence-electron chi connectivity index (χ1n) is 7.45. The molecule has 23 heavy (non-hydrogen) atoms. The van der Waals surface area contributed by atoms with Crippen molar-refractivity contribution in [2.45, 2.75) is 12.5 Å². The summed E-state index contributed by atoms with van der Waals surface area (Å²) >= 11 is 0. The molecule has 1 atom stereocenters. The first-order valence-corrected chi connectivity index (χ1v) is 7.45. The summed E-state index contributed by atoms with van der Waals surface area (Å²) in [5.41, 5.74) is 6.39. The van der Waals surface area contributed by atoms with Gasteiger partial charge >= 0.3 is 0 Å². The van der Waals surface area contributed by atoms with Gasteiger partial charge in [-0.25, -0.2) is 0 Å². The molecule has 1 aromatic heterocycles. The van der Waals surface area contributed by atoms with E-state index in [0.29, 0.717) is 36.6 Å². The number of ether oxygens (including phenoxy) is 1. The predicted octanol–water partition coefficient (Wildman–Crippen LogP) is 1.52. The molecule has 0 spiro atoms. The Labute approximate surface area is 133 Å². The third-order valence-corrected chi connectivity index (χ3v) is 3.90. The summed E-state index contributed by atoms with van der Waals surface area (Å²) in [7, 11) is 0. The molecule has 2 heterocycles. The van der Waals surface area contributed by atoms with Crippen molar-refractivity contribution >= 4 is 11.8 Å². The Hall–Kier alpha value is -2.60. The number of benzene rings is 1. The lowest BCUT2D eigenvalue weighted by atomic mass is 10.0. The van der Waals surface area contributed by atoms with E-state index in [4.69, 9.17) is 14.9 Å². The number of carbonyl (C=O) groups excluding carboxylic acids is 2. The summed E-state index contributed by atoms with van der Waals surface area (Å²) in [6.07, 6.45) is 1.47. The highest BCUT2D eigenvalue weighted by atomic mass is 16.5. The van der Waals surface area contributed by atoms with Gasteiger partial charge in [0.1, 0.15) is 11.9 Å². The average molecular weight is 314 g/mol. The molecule has 0 bridgehead atoms. The fourth-order valence-corrected chi connectivity index (χ4v) is 2.71. The smallest absolute Gasteiger partial charge is 0.248 e. The molecule has 3 rings (SSSR count). The Kier molecular flexibility index (Phi) is 4.43. The average Bonchev–Trinajstić information content (AvgIpc) is 3.10. The maximum absolute atomic E-state index is 12.5. The Morgan fingerprint density at radius 1 is 1.22 bits per heavy atom. The van der Waals surface area contributed by atoms with Gasteiger partial charge in [0, 0.05) is 12.1 Å². The molecule has 1 fully saturated rings. The van der Waals surface area contributed by atoms with Crippen LogP contribution in [0.1, 0.15) is 27.8 Å². The molecule has 2 amide bonds. The predicted molar refractivity (Wildman–Crippen MR) is 82.6 cm³/mol. The molecule has 1 unspecified atom stereocenters. The third kappa shape index (κ3) is 3.43. The Morgan fingerprint density at radius 3 is 2.78 bits per heavy atom. The second-order valence-electron chi connectivity index (χ2n) is 5.41. The number of furan rings is 1. The molecule has 1 saturated heterocycles. The van der Waals surface area contributed by atoms with Gasteiger partial charge in [0.05, 0.1) is 25.8 Å². The van der Waals surface area contributed by atoms with Gasteiger partial charge in [-0.2, -0.15) is 0 Å². The summed E-state index contributed by atoms with van der Waals surface area (Å²) in [4.78, 5) is 25.7. The Bertz CT molecular complexity index is 696. The van der Waals surface area contributed by atoms with Crippen LogP contribution in [0.25, 0.3) is 0 Å². The fraction of sp³-hybridized carbons (Fsp3) is 0.294. The van der Waals surface area contributed by atoms with Gasteiger partial charge in [0.15, 0.2) is 0 Å². The van der Waals surface area contributed by atoms with E-state index in [1.807, 2.05) is 6.07 Å². The number of hydrogen-bond donors (Lipinski definition) is 1. The minimum absolute atomic E-state index is 0.0569. The second-order valence-corrected chi connectivity index (χ2v) is 5.41. The van der Waals surface area contributed by atoms with Gasteiger partial charge in [0.25, 0.3) is 0 Å². The van der Waals surface area contributed by atoms with Crippen molar-refractivity contribution in [3.05, 3.63) is 59.5 Å². The van der Waals surface area contributed by atoms with Gasteiger partial charge in [-0.3, -0.25) is 9.59 Å². The molecule has 1 aromatic carbocycles. The van der Waals surface area contributed by atoms with Gasteiger partial charge in [-0.15, -0.1) is 0 Å². The standard InChI is InChI=1S/C17H18N2O4/c18-17(21)13-5-2-1-4-12(13)10-16(20)19-7-9-23-15(11-19)14-6-3-8-22-14/h1-6,8,15H,7,9-11H2,(H2,18,21). The zero-order chi connectivity index (χ0) is 16.2. The number of nitrogens with zero attached hydrogens (tertiary/aromatic N) is 1. The zero-order valence-electron chi connectivity index (χ0n) is 12.6. The number of morpholine rings is 1. The van der Waals surface area contributed by atoms with Crippen molar-refractivity contribution < 1.29 is 18.7 Å². The SMILES string of the molecule is NC(=O)c1ccccc1CC(=O)N1CCOC(c2ccco2)C1. The lowest BCUT2D eigenvalue weighted by molar-refractivity contribution is -0.138. The van der Waals surface area contributed by atoms with Gasteiger partial charge in [-0.05, 0) is 23.8 Å². The van der Waals surface area contributed by atoms with Crippen molar-refractivity contribution in [3.63, 3.8) is 0 Å². The van der Waals surface area contributed by atoms with Crippen LogP contribution in [0, 0.1) is 0 Å². The third-order valence-electron chi connectivity index (χ3n) is 3.90. The number of carbonyl (C=O) groups is 2. The molecule has 120 valence electrons. The first-order chi connectivity index (χ1) is 11.1. The van der Waals surface area contributed by atoms with Crippen LogP contribution in [0.3, 0.4) is 0 Å².